The Hall–Kier alpha value is -2.41. The second-order valence-electron chi connectivity index (χ2n) is 7.24. The molecule has 0 radical (unpaired) electrons. The topological polar surface area (TPSA) is 88.2 Å². The maximum Gasteiger partial charge on any atom is 0.340 e. The summed E-state index contributed by atoms with van der Waals surface area (Å²) in [5.74, 6) is -0.122. The number of likely N-dealkylation sites (tertiary alicyclic amines) is 1. The number of H-pyrrole nitrogens is 1. The van der Waals surface area contributed by atoms with Crippen LogP contribution in [0.3, 0.4) is 0 Å². The molecule has 3 heterocycles. The van der Waals surface area contributed by atoms with Crippen molar-refractivity contribution in [2.45, 2.75) is 45.4 Å². The van der Waals surface area contributed by atoms with E-state index in [0.29, 0.717) is 54.5 Å². The van der Waals surface area contributed by atoms with Crippen LogP contribution < -0.4 is 0 Å². The lowest BCUT2D eigenvalue weighted by Crippen LogP contribution is -2.38. The summed E-state index contributed by atoms with van der Waals surface area (Å²) in [5, 5.41) is 7.48. The second-order valence-corrected chi connectivity index (χ2v) is 7.67. The third-order valence-electron chi connectivity index (χ3n) is 4.99. The van der Waals surface area contributed by atoms with Crippen molar-refractivity contribution in [2.75, 3.05) is 19.7 Å². The van der Waals surface area contributed by atoms with E-state index in [2.05, 4.69) is 15.2 Å². The van der Waals surface area contributed by atoms with Gasteiger partial charge in [-0.3, -0.25) is 14.9 Å². The van der Waals surface area contributed by atoms with Gasteiger partial charge in [-0.05, 0) is 37.8 Å². The number of halogens is 1. The largest absolute Gasteiger partial charge is 0.462 e. The first-order valence-electron chi connectivity index (χ1n) is 9.57. The molecule has 1 aliphatic heterocycles. The summed E-state index contributed by atoms with van der Waals surface area (Å²) in [6.07, 6.45) is 2.98. The minimum atomic E-state index is -0.413. The number of amides is 1. The van der Waals surface area contributed by atoms with Crippen LogP contribution in [0.5, 0.6) is 0 Å². The molecule has 1 aliphatic rings. The Kier molecular flexibility index (Phi) is 6.34. The summed E-state index contributed by atoms with van der Waals surface area (Å²) in [6.45, 7) is 7.32. The Balaban J connectivity index is 1.70. The Bertz CT molecular complexity index is 857. The zero-order valence-corrected chi connectivity index (χ0v) is 17.1. The first kappa shape index (κ1) is 20.3. The van der Waals surface area contributed by atoms with Gasteiger partial charge in [0.25, 0.3) is 5.91 Å². The first-order valence-corrected chi connectivity index (χ1v) is 9.95. The molecule has 1 saturated heterocycles. The highest BCUT2D eigenvalue weighted by atomic mass is 35.5. The molecule has 0 unspecified atom stereocenters. The number of nitrogens with zero attached hydrogens (tertiary/aromatic N) is 3. The fraction of sp³-hybridized carbons (Fsp3) is 0.500. The van der Waals surface area contributed by atoms with Gasteiger partial charge in [0, 0.05) is 30.9 Å². The van der Waals surface area contributed by atoms with E-state index >= 15 is 0 Å². The summed E-state index contributed by atoms with van der Waals surface area (Å²) in [5.41, 5.74) is 2.49. The van der Waals surface area contributed by atoms with Crippen molar-refractivity contribution in [2.24, 2.45) is 0 Å². The third-order valence-corrected chi connectivity index (χ3v) is 5.19. The highest BCUT2D eigenvalue weighted by Gasteiger charge is 2.29. The molecule has 0 bridgehead atoms. The average Bonchev–Trinajstić information content (AvgIpc) is 3.18. The number of pyridine rings is 1. The maximum absolute atomic E-state index is 12.7. The van der Waals surface area contributed by atoms with Crippen molar-refractivity contribution in [1.82, 2.24) is 20.1 Å². The van der Waals surface area contributed by atoms with E-state index in [-0.39, 0.29) is 17.7 Å². The fourth-order valence-electron chi connectivity index (χ4n) is 3.41. The van der Waals surface area contributed by atoms with Crippen molar-refractivity contribution < 1.29 is 14.3 Å². The summed E-state index contributed by atoms with van der Waals surface area (Å²) in [4.78, 5) is 31.2. The monoisotopic (exact) mass is 404 g/mol. The van der Waals surface area contributed by atoms with E-state index in [1.54, 1.807) is 24.1 Å². The van der Waals surface area contributed by atoms with Gasteiger partial charge in [-0.25, -0.2) is 4.79 Å². The standard InChI is InChI=1S/C20H25ClN4O3/c1-4-28-20(27)15-9-14(21)11-22-18(15)13-5-7-25(8-6-13)19(26)17-10-16(12(2)3)23-24-17/h9-13H,4-8H2,1-3H3,(H,23,24). The van der Waals surface area contributed by atoms with Crippen LogP contribution in [0.1, 0.15) is 77.7 Å². The van der Waals surface area contributed by atoms with Crippen LogP contribution in [-0.4, -0.2) is 51.7 Å². The number of carbonyl (C=O) groups excluding carboxylic acids is 2. The van der Waals surface area contributed by atoms with Gasteiger partial charge in [-0.15, -0.1) is 0 Å². The van der Waals surface area contributed by atoms with E-state index < -0.39 is 5.97 Å². The van der Waals surface area contributed by atoms with Gasteiger partial charge < -0.3 is 9.64 Å². The summed E-state index contributed by atoms with van der Waals surface area (Å²) in [7, 11) is 0. The molecular weight excluding hydrogens is 380 g/mol. The lowest BCUT2D eigenvalue weighted by Gasteiger charge is -2.31. The average molecular weight is 405 g/mol. The summed E-state index contributed by atoms with van der Waals surface area (Å²) < 4.78 is 5.14. The molecule has 28 heavy (non-hydrogen) atoms. The smallest absolute Gasteiger partial charge is 0.340 e. The molecule has 0 atom stereocenters. The molecule has 8 heteroatoms. The van der Waals surface area contributed by atoms with Crippen LogP contribution in [0.15, 0.2) is 18.3 Å². The van der Waals surface area contributed by atoms with Crippen LogP contribution in [-0.2, 0) is 4.74 Å². The second kappa shape index (κ2) is 8.73. The molecule has 0 saturated carbocycles. The van der Waals surface area contributed by atoms with Gasteiger partial charge in [0.2, 0.25) is 0 Å². The molecule has 7 nitrogen and oxygen atoms in total. The minimum Gasteiger partial charge on any atom is -0.462 e. The van der Waals surface area contributed by atoms with Crippen molar-refractivity contribution in [1.29, 1.82) is 0 Å². The molecule has 2 aromatic heterocycles. The van der Waals surface area contributed by atoms with Crippen LogP contribution in [0.4, 0.5) is 0 Å². The number of piperidine rings is 1. The van der Waals surface area contributed by atoms with E-state index in [9.17, 15) is 9.59 Å². The van der Waals surface area contributed by atoms with Gasteiger partial charge in [0.15, 0.2) is 0 Å². The quantitative estimate of drug-likeness (QED) is 0.766. The molecular formula is C20H25ClN4O3. The van der Waals surface area contributed by atoms with Gasteiger partial charge in [-0.2, -0.15) is 5.10 Å². The molecule has 1 amide bonds. The number of ether oxygens (including phenoxy) is 1. The summed E-state index contributed by atoms with van der Waals surface area (Å²) in [6, 6.07) is 3.43. The van der Waals surface area contributed by atoms with Crippen LogP contribution in [0.2, 0.25) is 5.02 Å². The van der Waals surface area contributed by atoms with Crippen LogP contribution >= 0.6 is 11.6 Å². The maximum atomic E-state index is 12.7. The molecule has 1 N–H and O–H groups in total. The number of rotatable bonds is 5. The zero-order chi connectivity index (χ0) is 20.3. The van der Waals surface area contributed by atoms with Crippen molar-refractivity contribution >= 4 is 23.5 Å². The predicted octanol–water partition coefficient (Wildman–Crippen LogP) is 3.78. The molecule has 3 rings (SSSR count). The van der Waals surface area contributed by atoms with Gasteiger partial charge >= 0.3 is 5.97 Å². The van der Waals surface area contributed by atoms with E-state index in [1.807, 2.05) is 19.9 Å². The normalized spacial score (nSPS) is 15.1. The molecule has 2 aromatic rings. The molecule has 0 spiro atoms. The molecule has 0 aromatic carbocycles. The zero-order valence-electron chi connectivity index (χ0n) is 16.4. The Morgan fingerprint density at radius 2 is 2.04 bits per heavy atom. The van der Waals surface area contributed by atoms with Gasteiger partial charge in [0.05, 0.1) is 22.9 Å². The Morgan fingerprint density at radius 3 is 2.64 bits per heavy atom. The number of carbonyl (C=O) groups is 2. The first-order chi connectivity index (χ1) is 13.4. The minimum absolute atomic E-state index is 0.0729. The highest BCUT2D eigenvalue weighted by molar-refractivity contribution is 6.30. The number of esters is 1. The van der Waals surface area contributed by atoms with Gasteiger partial charge in [-0.1, -0.05) is 25.4 Å². The predicted molar refractivity (Wildman–Crippen MR) is 106 cm³/mol. The van der Waals surface area contributed by atoms with Crippen LogP contribution in [0, 0.1) is 0 Å². The van der Waals surface area contributed by atoms with E-state index in [4.69, 9.17) is 16.3 Å². The lowest BCUT2D eigenvalue weighted by atomic mass is 9.90. The van der Waals surface area contributed by atoms with E-state index in [1.165, 1.54) is 0 Å². The highest BCUT2D eigenvalue weighted by Crippen LogP contribution is 2.31. The number of hydrogen-bond donors (Lipinski definition) is 1. The Morgan fingerprint density at radius 1 is 1.32 bits per heavy atom. The molecule has 1 fully saturated rings. The fourth-order valence-corrected chi connectivity index (χ4v) is 3.57. The van der Waals surface area contributed by atoms with Crippen molar-refractivity contribution in [3.63, 3.8) is 0 Å². The SMILES string of the molecule is CCOC(=O)c1cc(Cl)cnc1C1CCN(C(=O)c2cc(C(C)C)[nH]n2)CC1. The Labute approximate surface area is 169 Å². The van der Waals surface area contributed by atoms with E-state index in [0.717, 1.165) is 5.69 Å². The third kappa shape index (κ3) is 4.35. The molecule has 0 aliphatic carbocycles. The van der Waals surface area contributed by atoms with Gasteiger partial charge in [0.1, 0.15) is 5.69 Å². The number of nitrogens with one attached hydrogen (secondary N) is 1. The number of hydrogen-bond acceptors (Lipinski definition) is 5. The van der Waals surface area contributed by atoms with Crippen molar-refractivity contribution in [3.8, 4) is 0 Å². The summed E-state index contributed by atoms with van der Waals surface area (Å²) >= 11 is 6.02. The molecule has 150 valence electrons. The van der Waals surface area contributed by atoms with Crippen molar-refractivity contribution in [3.05, 3.63) is 46.0 Å². The number of aromatic amines is 1. The number of aromatic nitrogens is 3. The lowest BCUT2D eigenvalue weighted by molar-refractivity contribution is 0.0521. The van der Waals surface area contributed by atoms with Crippen LogP contribution in [0.25, 0.3) is 0 Å².